The van der Waals surface area contributed by atoms with Crippen molar-refractivity contribution in [3.05, 3.63) is 24.3 Å². The van der Waals surface area contributed by atoms with E-state index in [4.69, 9.17) is 0 Å². The number of anilines is 2. The van der Waals surface area contributed by atoms with Gasteiger partial charge in [-0.15, -0.1) is 0 Å². The molecule has 1 saturated heterocycles. The number of rotatable bonds is 6. The van der Waals surface area contributed by atoms with Crippen LogP contribution < -0.4 is 20.9 Å². The fraction of sp³-hybridized carbons (Fsp3) is 0.429. The molecule has 0 unspecified atom stereocenters. The Morgan fingerprint density at radius 3 is 3.00 bits per heavy atom. The molecule has 1 aromatic carbocycles. The van der Waals surface area contributed by atoms with Crippen LogP contribution >= 0.6 is 0 Å². The lowest BCUT2D eigenvalue weighted by Crippen LogP contribution is -2.27. The summed E-state index contributed by atoms with van der Waals surface area (Å²) in [6, 6.07) is 7.25. The van der Waals surface area contributed by atoms with Crippen molar-refractivity contribution in [2.45, 2.75) is 12.8 Å². The lowest BCUT2D eigenvalue weighted by Gasteiger charge is -2.15. The molecule has 2 rings (SSSR count). The van der Waals surface area contributed by atoms with Crippen molar-refractivity contribution in [3.63, 3.8) is 0 Å². The van der Waals surface area contributed by atoms with Crippen molar-refractivity contribution in [1.29, 1.82) is 0 Å². The highest BCUT2D eigenvalue weighted by Crippen LogP contribution is 2.21. The van der Waals surface area contributed by atoms with Crippen LogP contribution in [0.3, 0.4) is 0 Å². The Balaban J connectivity index is 1.95. The van der Waals surface area contributed by atoms with Gasteiger partial charge in [0.15, 0.2) is 0 Å². The van der Waals surface area contributed by atoms with E-state index in [0.717, 1.165) is 24.3 Å². The van der Waals surface area contributed by atoms with Gasteiger partial charge >= 0.3 is 6.03 Å². The smallest absolute Gasteiger partial charge is 0.321 e. The number of hydrogen-bond acceptors (Lipinski definition) is 3. The summed E-state index contributed by atoms with van der Waals surface area (Å²) in [5, 5.41) is 8.62. The molecule has 3 N–H and O–H groups in total. The number of nitrogens with zero attached hydrogens (tertiary/aromatic N) is 1. The van der Waals surface area contributed by atoms with Crippen molar-refractivity contribution in [1.82, 2.24) is 10.6 Å². The number of hydrogen-bond donors (Lipinski definition) is 3. The number of urea groups is 1. The molecule has 20 heavy (non-hydrogen) atoms. The van der Waals surface area contributed by atoms with Gasteiger partial charge in [-0.2, -0.15) is 0 Å². The standard InChI is InChI=1S/C14H20N4O2/c1-15-7-3-6-13(19)17-11-4-2-5-12(10-11)18-9-8-16-14(18)20/h2,4-5,10,15H,3,6-9H2,1H3,(H,16,20)(H,17,19). The van der Waals surface area contributed by atoms with Crippen LogP contribution in [-0.2, 0) is 4.79 Å². The van der Waals surface area contributed by atoms with Crippen LogP contribution in [0.5, 0.6) is 0 Å². The first-order valence-electron chi connectivity index (χ1n) is 6.80. The first-order chi connectivity index (χ1) is 9.70. The zero-order valence-electron chi connectivity index (χ0n) is 11.6. The van der Waals surface area contributed by atoms with Gasteiger partial charge in [0.2, 0.25) is 5.91 Å². The average molecular weight is 276 g/mol. The Hall–Kier alpha value is -2.08. The molecule has 0 aromatic heterocycles. The predicted molar refractivity (Wildman–Crippen MR) is 79.0 cm³/mol. The zero-order valence-corrected chi connectivity index (χ0v) is 11.6. The predicted octanol–water partition coefficient (Wildman–Crippen LogP) is 1.15. The van der Waals surface area contributed by atoms with Crippen LogP contribution in [-0.4, -0.2) is 38.6 Å². The molecule has 3 amide bonds. The van der Waals surface area contributed by atoms with E-state index >= 15 is 0 Å². The third kappa shape index (κ3) is 3.71. The summed E-state index contributed by atoms with van der Waals surface area (Å²) in [7, 11) is 1.86. The molecule has 1 aromatic rings. The molecule has 1 aliphatic heterocycles. The summed E-state index contributed by atoms with van der Waals surface area (Å²) in [4.78, 5) is 25.0. The molecular weight excluding hydrogens is 256 g/mol. The molecule has 1 fully saturated rings. The van der Waals surface area contributed by atoms with Gasteiger partial charge in [0.1, 0.15) is 0 Å². The highest BCUT2D eigenvalue weighted by molar-refractivity contribution is 5.96. The molecular formula is C14H20N4O2. The van der Waals surface area contributed by atoms with Crippen molar-refractivity contribution in [2.75, 3.05) is 36.9 Å². The largest absolute Gasteiger partial charge is 0.336 e. The van der Waals surface area contributed by atoms with Gasteiger partial charge in [-0.1, -0.05) is 6.07 Å². The Morgan fingerprint density at radius 2 is 2.30 bits per heavy atom. The topological polar surface area (TPSA) is 73.5 Å². The summed E-state index contributed by atoms with van der Waals surface area (Å²) in [6.45, 7) is 2.12. The quantitative estimate of drug-likeness (QED) is 0.683. The number of carbonyl (C=O) groups is 2. The minimum Gasteiger partial charge on any atom is -0.336 e. The fourth-order valence-corrected chi connectivity index (χ4v) is 2.12. The SMILES string of the molecule is CNCCCC(=O)Nc1cccc(N2CCNC2=O)c1. The van der Waals surface area contributed by atoms with Gasteiger partial charge in [-0.05, 0) is 38.2 Å². The van der Waals surface area contributed by atoms with Crippen LogP contribution in [0.2, 0.25) is 0 Å². The maximum absolute atomic E-state index is 11.8. The van der Waals surface area contributed by atoms with Crippen LogP contribution in [0, 0.1) is 0 Å². The Labute approximate surface area is 118 Å². The molecule has 0 radical (unpaired) electrons. The van der Waals surface area contributed by atoms with Gasteiger partial charge in [0.05, 0.1) is 0 Å². The lowest BCUT2D eigenvalue weighted by atomic mass is 10.2. The number of nitrogens with one attached hydrogen (secondary N) is 3. The average Bonchev–Trinajstić information content (AvgIpc) is 2.85. The number of carbonyl (C=O) groups excluding carboxylic acids is 2. The van der Waals surface area contributed by atoms with E-state index in [1.165, 1.54) is 0 Å². The van der Waals surface area contributed by atoms with Crippen molar-refractivity contribution >= 4 is 23.3 Å². The Morgan fingerprint density at radius 1 is 1.45 bits per heavy atom. The normalized spacial score (nSPS) is 14.2. The van der Waals surface area contributed by atoms with Crippen molar-refractivity contribution < 1.29 is 9.59 Å². The van der Waals surface area contributed by atoms with E-state index in [1.54, 1.807) is 4.90 Å². The lowest BCUT2D eigenvalue weighted by molar-refractivity contribution is -0.116. The fourth-order valence-electron chi connectivity index (χ4n) is 2.12. The number of amides is 3. The molecule has 0 aliphatic carbocycles. The van der Waals surface area contributed by atoms with E-state index < -0.39 is 0 Å². The molecule has 1 aliphatic rings. The second-order valence-electron chi connectivity index (χ2n) is 4.69. The van der Waals surface area contributed by atoms with Gasteiger partial charge in [-0.25, -0.2) is 4.79 Å². The zero-order chi connectivity index (χ0) is 14.4. The molecule has 0 bridgehead atoms. The Kier molecular flexibility index (Phi) is 4.95. The molecule has 6 nitrogen and oxygen atoms in total. The summed E-state index contributed by atoms with van der Waals surface area (Å²) in [5.74, 6) is -0.0109. The van der Waals surface area contributed by atoms with Crippen LogP contribution in [0.15, 0.2) is 24.3 Å². The van der Waals surface area contributed by atoms with E-state index in [2.05, 4.69) is 16.0 Å². The summed E-state index contributed by atoms with van der Waals surface area (Å²) < 4.78 is 0. The van der Waals surface area contributed by atoms with Gasteiger partial charge in [0, 0.05) is 30.9 Å². The summed E-state index contributed by atoms with van der Waals surface area (Å²) in [6.07, 6.45) is 1.28. The van der Waals surface area contributed by atoms with Gasteiger partial charge in [-0.3, -0.25) is 9.69 Å². The second-order valence-corrected chi connectivity index (χ2v) is 4.69. The third-order valence-corrected chi connectivity index (χ3v) is 3.13. The Bertz CT molecular complexity index is 490. The van der Waals surface area contributed by atoms with E-state index in [0.29, 0.717) is 19.5 Å². The van der Waals surface area contributed by atoms with Crippen LogP contribution in [0.25, 0.3) is 0 Å². The van der Waals surface area contributed by atoms with Crippen LogP contribution in [0.4, 0.5) is 16.2 Å². The maximum Gasteiger partial charge on any atom is 0.321 e. The third-order valence-electron chi connectivity index (χ3n) is 3.13. The summed E-state index contributed by atoms with van der Waals surface area (Å²) >= 11 is 0. The highest BCUT2D eigenvalue weighted by Gasteiger charge is 2.21. The molecule has 6 heteroatoms. The van der Waals surface area contributed by atoms with E-state index in [9.17, 15) is 9.59 Å². The maximum atomic E-state index is 11.8. The molecule has 0 spiro atoms. The first-order valence-corrected chi connectivity index (χ1v) is 6.80. The first kappa shape index (κ1) is 14.3. The minimum atomic E-state index is -0.0949. The van der Waals surface area contributed by atoms with Gasteiger partial charge < -0.3 is 16.0 Å². The number of benzene rings is 1. The molecule has 0 atom stereocenters. The van der Waals surface area contributed by atoms with Gasteiger partial charge in [0.25, 0.3) is 0 Å². The monoisotopic (exact) mass is 276 g/mol. The molecule has 1 heterocycles. The van der Waals surface area contributed by atoms with Crippen molar-refractivity contribution in [3.8, 4) is 0 Å². The molecule has 0 saturated carbocycles. The summed E-state index contributed by atoms with van der Waals surface area (Å²) in [5.41, 5.74) is 1.52. The van der Waals surface area contributed by atoms with Crippen LogP contribution in [0.1, 0.15) is 12.8 Å². The minimum absolute atomic E-state index is 0.0109. The van der Waals surface area contributed by atoms with E-state index in [-0.39, 0.29) is 11.9 Å². The van der Waals surface area contributed by atoms with E-state index in [1.807, 2.05) is 31.3 Å². The highest BCUT2D eigenvalue weighted by atomic mass is 16.2. The second kappa shape index (κ2) is 6.91. The molecule has 108 valence electrons. The van der Waals surface area contributed by atoms with Crippen molar-refractivity contribution in [2.24, 2.45) is 0 Å².